The number of rotatable bonds is 7. The van der Waals surface area contributed by atoms with E-state index < -0.39 is 0 Å². The maximum atomic E-state index is 5.78. The van der Waals surface area contributed by atoms with Gasteiger partial charge in [0, 0.05) is 25.7 Å². The summed E-state index contributed by atoms with van der Waals surface area (Å²) in [5, 5.41) is 3.68. The van der Waals surface area contributed by atoms with E-state index in [0.29, 0.717) is 12.0 Å². The van der Waals surface area contributed by atoms with Crippen molar-refractivity contribution in [1.29, 1.82) is 0 Å². The first-order valence-electron chi connectivity index (χ1n) is 7.04. The quantitative estimate of drug-likeness (QED) is 0.745. The molecule has 3 unspecified atom stereocenters. The third-order valence-electron chi connectivity index (χ3n) is 4.11. The molecule has 3 atom stereocenters. The number of nitrogens with one attached hydrogen (secondary N) is 1. The zero-order valence-electron chi connectivity index (χ0n) is 11.9. The average Bonchev–Trinajstić information content (AvgIpc) is 2.40. The van der Waals surface area contributed by atoms with Gasteiger partial charge in [-0.15, -0.1) is 0 Å². The minimum atomic E-state index is -0.0828. The molecule has 1 rings (SSSR count). The normalized spacial score (nSPS) is 26.5. The van der Waals surface area contributed by atoms with E-state index >= 15 is 0 Å². The Balaban J connectivity index is 2.69. The van der Waals surface area contributed by atoms with E-state index in [0.717, 1.165) is 32.6 Å². The number of methoxy groups -OCH3 is 1. The fourth-order valence-corrected chi connectivity index (χ4v) is 2.70. The first-order valence-corrected chi connectivity index (χ1v) is 7.04. The average molecular weight is 243 g/mol. The second kappa shape index (κ2) is 7.34. The summed E-state index contributed by atoms with van der Waals surface area (Å²) in [6, 6.07) is 0.401. The molecule has 1 aliphatic heterocycles. The third-order valence-corrected chi connectivity index (χ3v) is 4.11. The van der Waals surface area contributed by atoms with Crippen molar-refractivity contribution in [3.63, 3.8) is 0 Å². The molecule has 1 fully saturated rings. The summed E-state index contributed by atoms with van der Waals surface area (Å²) < 4.78 is 11.4. The molecule has 1 heterocycles. The topological polar surface area (TPSA) is 30.5 Å². The summed E-state index contributed by atoms with van der Waals surface area (Å²) in [6.07, 6.45) is 4.62. The first kappa shape index (κ1) is 14.9. The Bertz CT molecular complexity index is 198. The van der Waals surface area contributed by atoms with Crippen LogP contribution in [0.15, 0.2) is 0 Å². The van der Waals surface area contributed by atoms with Crippen LogP contribution in [0.5, 0.6) is 0 Å². The number of hydrogen-bond donors (Lipinski definition) is 1. The lowest BCUT2D eigenvalue weighted by molar-refractivity contribution is -0.0694. The Labute approximate surface area is 106 Å². The highest BCUT2D eigenvalue weighted by atomic mass is 16.5. The van der Waals surface area contributed by atoms with E-state index in [1.54, 1.807) is 0 Å². The molecule has 17 heavy (non-hydrogen) atoms. The standard InChI is InChI=1S/C14H29NO2/c1-5-9-15-13(14(3,6-2)16-4)12-8-7-10-17-11-12/h12-13,15H,5-11H2,1-4H3. The highest BCUT2D eigenvalue weighted by Gasteiger charge is 2.38. The van der Waals surface area contributed by atoms with E-state index in [2.05, 4.69) is 26.1 Å². The highest BCUT2D eigenvalue weighted by Crippen LogP contribution is 2.29. The van der Waals surface area contributed by atoms with Crippen molar-refractivity contribution < 1.29 is 9.47 Å². The van der Waals surface area contributed by atoms with Gasteiger partial charge in [-0.05, 0) is 39.2 Å². The lowest BCUT2D eigenvalue weighted by atomic mass is 9.81. The third kappa shape index (κ3) is 3.94. The Morgan fingerprint density at radius 3 is 2.71 bits per heavy atom. The molecule has 102 valence electrons. The molecule has 1 N–H and O–H groups in total. The van der Waals surface area contributed by atoms with E-state index in [4.69, 9.17) is 9.47 Å². The molecule has 3 nitrogen and oxygen atoms in total. The van der Waals surface area contributed by atoms with Crippen LogP contribution >= 0.6 is 0 Å². The number of ether oxygens (including phenoxy) is 2. The molecule has 0 aliphatic carbocycles. The SMILES string of the molecule is CCCNC(C1CCCOC1)C(C)(CC)OC. The van der Waals surface area contributed by atoms with Gasteiger partial charge in [0.1, 0.15) is 0 Å². The summed E-state index contributed by atoms with van der Waals surface area (Å²) in [7, 11) is 1.83. The van der Waals surface area contributed by atoms with Gasteiger partial charge in [0.15, 0.2) is 0 Å². The van der Waals surface area contributed by atoms with E-state index in [9.17, 15) is 0 Å². The van der Waals surface area contributed by atoms with Crippen LogP contribution in [0, 0.1) is 5.92 Å². The van der Waals surface area contributed by atoms with Crippen LogP contribution in [0.3, 0.4) is 0 Å². The molecule has 3 heteroatoms. The van der Waals surface area contributed by atoms with Gasteiger partial charge in [-0.1, -0.05) is 13.8 Å². The summed E-state index contributed by atoms with van der Waals surface area (Å²) in [4.78, 5) is 0. The molecule has 0 saturated carbocycles. The second-order valence-corrected chi connectivity index (χ2v) is 5.28. The van der Waals surface area contributed by atoms with Gasteiger partial charge in [-0.25, -0.2) is 0 Å². The summed E-state index contributed by atoms with van der Waals surface area (Å²) >= 11 is 0. The van der Waals surface area contributed by atoms with Crippen LogP contribution in [-0.2, 0) is 9.47 Å². The van der Waals surface area contributed by atoms with E-state index in [-0.39, 0.29) is 5.60 Å². The minimum absolute atomic E-state index is 0.0828. The van der Waals surface area contributed by atoms with Crippen molar-refractivity contribution in [1.82, 2.24) is 5.32 Å². The first-order chi connectivity index (χ1) is 8.18. The van der Waals surface area contributed by atoms with Crippen LogP contribution in [0.1, 0.15) is 46.5 Å². The molecular weight excluding hydrogens is 214 g/mol. The molecule has 1 saturated heterocycles. The van der Waals surface area contributed by atoms with Gasteiger partial charge in [0.05, 0.1) is 12.2 Å². The smallest absolute Gasteiger partial charge is 0.0803 e. The van der Waals surface area contributed by atoms with Gasteiger partial charge in [-0.2, -0.15) is 0 Å². The zero-order chi connectivity index (χ0) is 12.7. The van der Waals surface area contributed by atoms with Gasteiger partial charge in [-0.3, -0.25) is 0 Å². The van der Waals surface area contributed by atoms with Crippen LogP contribution < -0.4 is 5.32 Å². The fourth-order valence-electron chi connectivity index (χ4n) is 2.70. The summed E-state index contributed by atoms with van der Waals surface area (Å²) in [5.41, 5.74) is -0.0828. The maximum Gasteiger partial charge on any atom is 0.0803 e. The van der Waals surface area contributed by atoms with Crippen molar-refractivity contribution in [2.24, 2.45) is 5.92 Å². The molecule has 0 radical (unpaired) electrons. The monoisotopic (exact) mass is 243 g/mol. The van der Waals surface area contributed by atoms with Gasteiger partial charge in [0.25, 0.3) is 0 Å². The van der Waals surface area contributed by atoms with E-state index in [1.165, 1.54) is 12.8 Å². The maximum absolute atomic E-state index is 5.78. The van der Waals surface area contributed by atoms with Crippen molar-refractivity contribution >= 4 is 0 Å². The van der Waals surface area contributed by atoms with Gasteiger partial charge >= 0.3 is 0 Å². The molecule has 0 aromatic heterocycles. The van der Waals surface area contributed by atoms with Crippen molar-refractivity contribution in [2.45, 2.75) is 58.1 Å². The Kier molecular flexibility index (Phi) is 6.45. The summed E-state index contributed by atoms with van der Waals surface area (Å²) in [5.74, 6) is 0.584. The molecule has 0 spiro atoms. The lowest BCUT2D eigenvalue weighted by Gasteiger charge is -2.42. The zero-order valence-corrected chi connectivity index (χ0v) is 11.9. The fraction of sp³-hybridized carbons (Fsp3) is 1.00. The second-order valence-electron chi connectivity index (χ2n) is 5.28. The molecule has 0 aromatic carbocycles. The Morgan fingerprint density at radius 2 is 2.24 bits per heavy atom. The number of hydrogen-bond acceptors (Lipinski definition) is 3. The minimum Gasteiger partial charge on any atom is -0.381 e. The van der Waals surface area contributed by atoms with E-state index in [1.807, 2.05) is 7.11 Å². The predicted molar refractivity (Wildman–Crippen MR) is 71.3 cm³/mol. The Morgan fingerprint density at radius 1 is 1.47 bits per heavy atom. The van der Waals surface area contributed by atoms with Crippen LogP contribution in [0.25, 0.3) is 0 Å². The predicted octanol–water partition coefficient (Wildman–Crippen LogP) is 2.60. The van der Waals surface area contributed by atoms with Crippen molar-refractivity contribution in [3.8, 4) is 0 Å². The Hall–Kier alpha value is -0.120. The molecule has 1 aliphatic rings. The largest absolute Gasteiger partial charge is 0.381 e. The summed E-state index contributed by atoms with van der Waals surface area (Å²) in [6.45, 7) is 9.48. The lowest BCUT2D eigenvalue weighted by Crippen LogP contribution is -2.55. The van der Waals surface area contributed by atoms with Crippen LogP contribution in [0.2, 0.25) is 0 Å². The van der Waals surface area contributed by atoms with Crippen molar-refractivity contribution in [2.75, 3.05) is 26.9 Å². The molecular formula is C14H29NO2. The molecule has 0 aromatic rings. The van der Waals surface area contributed by atoms with Crippen LogP contribution in [0.4, 0.5) is 0 Å². The van der Waals surface area contributed by atoms with Gasteiger partial charge in [0.2, 0.25) is 0 Å². The highest BCUT2D eigenvalue weighted by molar-refractivity contribution is 4.93. The van der Waals surface area contributed by atoms with Crippen LogP contribution in [-0.4, -0.2) is 38.5 Å². The molecule has 0 amide bonds. The molecule has 0 bridgehead atoms. The van der Waals surface area contributed by atoms with Crippen molar-refractivity contribution in [3.05, 3.63) is 0 Å². The van der Waals surface area contributed by atoms with Gasteiger partial charge < -0.3 is 14.8 Å².